The van der Waals surface area contributed by atoms with Crippen LogP contribution in [-0.4, -0.2) is 31.4 Å². The number of carbonyl (C=O) groups is 1. The number of aromatic nitrogens is 2. The number of aryl methyl sites for hydroxylation is 1. The van der Waals surface area contributed by atoms with Gasteiger partial charge in [-0.05, 0) is 67.1 Å². The summed E-state index contributed by atoms with van der Waals surface area (Å²) in [4.78, 5) is 24.3. The van der Waals surface area contributed by atoms with E-state index in [0.29, 0.717) is 37.4 Å². The highest BCUT2D eigenvalue weighted by Crippen LogP contribution is 2.39. The molecule has 8 nitrogen and oxygen atoms in total. The van der Waals surface area contributed by atoms with Crippen molar-refractivity contribution in [1.82, 2.24) is 9.97 Å². The molecule has 0 saturated heterocycles. The van der Waals surface area contributed by atoms with Crippen molar-refractivity contribution in [2.75, 3.05) is 16.7 Å². The Balaban J connectivity index is 1.46. The van der Waals surface area contributed by atoms with Crippen LogP contribution >= 0.6 is 22.9 Å². The molecule has 5 rings (SSSR count). The molecular formula is C28H23ClN4O4S2. The van der Waals surface area contributed by atoms with E-state index in [2.05, 4.69) is 9.71 Å². The number of methoxy groups -OCH3 is 1. The van der Waals surface area contributed by atoms with E-state index in [-0.39, 0.29) is 17.3 Å². The Hall–Kier alpha value is -3.99. The molecule has 0 spiro atoms. The van der Waals surface area contributed by atoms with E-state index in [1.165, 1.54) is 11.3 Å². The highest BCUT2D eigenvalue weighted by atomic mass is 35.5. The number of amides is 1. The normalized spacial score (nSPS) is 11.4. The van der Waals surface area contributed by atoms with Crippen molar-refractivity contribution in [2.45, 2.75) is 18.4 Å². The first-order chi connectivity index (χ1) is 18.7. The van der Waals surface area contributed by atoms with Crippen molar-refractivity contribution in [3.8, 4) is 5.75 Å². The van der Waals surface area contributed by atoms with E-state index in [1.54, 1.807) is 91.1 Å². The second-order valence-corrected chi connectivity index (χ2v) is 11.7. The number of pyridine rings is 1. The lowest BCUT2D eigenvalue weighted by molar-refractivity contribution is 0.0985. The van der Waals surface area contributed by atoms with Gasteiger partial charge in [0.25, 0.3) is 15.9 Å². The van der Waals surface area contributed by atoms with Crippen LogP contribution in [-0.2, 0) is 16.6 Å². The second kappa shape index (κ2) is 11.0. The van der Waals surface area contributed by atoms with Gasteiger partial charge in [0.2, 0.25) is 0 Å². The zero-order valence-electron chi connectivity index (χ0n) is 21.0. The Morgan fingerprint density at radius 2 is 1.79 bits per heavy atom. The van der Waals surface area contributed by atoms with Gasteiger partial charge < -0.3 is 4.74 Å². The van der Waals surface area contributed by atoms with Crippen LogP contribution in [0.4, 0.5) is 10.8 Å². The zero-order chi connectivity index (χ0) is 27.6. The largest absolute Gasteiger partial charge is 0.494 e. The third kappa shape index (κ3) is 5.73. The average Bonchev–Trinajstić information content (AvgIpc) is 3.39. The predicted molar refractivity (Wildman–Crippen MR) is 154 cm³/mol. The molecule has 0 unspecified atom stereocenters. The highest BCUT2D eigenvalue weighted by molar-refractivity contribution is 7.92. The van der Waals surface area contributed by atoms with Gasteiger partial charge in [-0.2, -0.15) is 0 Å². The van der Waals surface area contributed by atoms with Gasteiger partial charge in [0.15, 0.2) is 5.13 Å². The maximum atomic E-state index is 13.8. The third-order valence-electron chi connectivity index (χ3n) is 5.92. The van der Waals surface area contributed by atoms with E-state index < -0.39 is 10.0 Å². The summed E-state index contributed by atoms with van der Waals surface area (Å²) in [6, 6.07) is 20.0. The van der Waals surface area contributed by atoms with Crippen molar-refractivity contribution >= 4 is 59.9 Å². The Morgan fingerprint density at radius 3 is 2.46 bits per heavy atom. The number of fused-ring (bicyclic) bond motifs is 1. The van der Waals surface area contributed by atoms with Gasteiger partial charge in [-0.1, -0.05) is 46.7 Å². The summed E-state index contributed by atoms with van der Waals surface area (Å²) in [6.07, 6.45) is 3.35. The summed E-state index contributed by atoms with van der Waals surface area (Å²) in [6.45, 7) is 2.10. The number of carbonyl (C=O) groups excluding carboxylic acids is 1. The van der Waals surface area contributed by atoms with E-state index in [1.807, 2.05) is 13.0 Å². The van der Waals surface area contributed by atoms with Gasteiger partial charge in [0.05, 0.1) is 28.3 Å². The molecule has 198 valence electrons. The van der Waals surface area contributed by atoms with Crippen LogP contribution in [0.2, 0.25) is 5.02 Å². The summed E-state index contributed by atoms with van der Waals surface area (Å²) in [7, 11) is -2.22. The fraction of sp³-hybridized carbons (Fsp3) is 0.107. The molecule has 0 aliphatic carbocycles. The number of nitrogens with zero attached hydrogens (tertiary/aromatic N) is 3. The molecule has 0 fully saturated rings. The molecule has 0 saturated carbocycles. The maximum absolute atomic E-state index is 13.8. The number of hydrogen-bond donors (Lipinski definition) is 1. The van der Waals surface area contributed by atoms with Crippen LogP contribution in [0.15, 0.2) is 90.1 Å². The first kappa shape index (κ1) is 26.6. The number of halogens is 1. The van der Waals surface area contributed by atoms with Crippen LogP contribution in [0.1, 0.15) is 21.5 Å². The van der Waals surface area contributed by atoms with Crippen molar-refractivity contribution < 1.29 is 17.9 Å². The van der Waals surface area contributed by atoms with E-state index in [0.717, 1.165) is 11.1 Å². The van der Waals surface area contributed by atoms with Crippen LogP contribution in [0.5, 0.6) is 5.75 Å². The molecule has 5 aromatic rings. The van der Waals surface area contributed by atoms with Crippen molar-refractivity contribution in [3.63, 3.8) is 0 Å². The smallest absolute Gasteiger partial charge is 0.261 e. The number of rotatable bonds is 8. The van der Waals surface area contributed by atoms with Crippen LogP contribution < -0.4 is 14.4 Å². The van der Waals surface area contributed by atoms with Crippen molar-refractivity contribution in [1.29, 1.82) is 0 Å². The van der Waals surface area contributed by atoms with Crippen molar-refractivity contribution in [3.05, 3.63) is 107 Å². The topological polar surface area (TPSA) is 101 Å². The molecule has 11 heteroatoms. The number of hydrogen-bond acceptors (Lipinski definition) is 7. The van der Waals surface area contributed by atoms with Gasteiger partial charge in [-0.3, -0.25) is 19.4 Å². The number of thiazole rings is 1. The van der Waals surface area contributed by atoms with Crippen LogP contribution in [0.3, 0.4) is 0 Å². The predicted octanol–water partition coefficient (Wildman–Crippen LogP) is 6.31. The van der Waals surface area contributed by atoms with Crippen LogP contribution in [0, 0.1) is 6.92 Å². The van der Waals surface area contributed by atoms with Crippen molar-refractivity contribution in [2.24, 2.45) is 0 Å². The minimum absolute atomic E-state index is 0.154. The zero-order valence-corrected chi connectivity index (χ0v) is 23.3. The van der Waals surface area contributed by atoms with E-state index in [4.69, 9.17) is 21.3 Å². The van der Waals surface area contributed by atoms with E-state index >= 15 is 0 Å². The molecule has 0 atom stereocenters. The maximum Gasteiger partial charge on any atom is 0.261 e. The molecule has 3 aromatic carbocycles. The lowest BCUT2D eigenvalue weighted by Gasteiger charge is -2.20. The molecule has 0 radical (unpaired) electrons. The fourth-order valence-electron chi connectivity index (χ4n) is 3.89. The molecule has 0 aliphatic heterocycles. The Labute approximate surface area is 234 Å². The van der Waals surface area contributed by atoms with Crippen LogP contribution in [0.25, 0.3) is 10.2 Å². The standard InChI is InChI=1S/C28H23ClN4O4S2/c1-18-5-11-22(12-6-18)39(35,36)32-21-9-7-20(8-10-21)27(34)33(17-19-4-3-15-30-16-19)28-31-25-24(37-2)14-13-23(29)26(25)38-28/h3-16,32H,17H2,1-2H3. The minimum atomic E-state index is -3.77. The Bertz CT molecular complexity index is 1740. The summed E-state index contributed by atoms with van der Waals surface area (Å²) < 4.78 is 34.3. The summed E-state index contributed by atoms with van der Waals surface area (Å²) in [5.74, 6) is 0.233. The molecule has 0 aliphatic rings. The second-order valence-electron chi connectivity index (χ2n) is 8.67. The Kier molecular flexibility index (Phi) is 7.51. The number of benzene rings is 3. The number of nitrogens with one attached hydrogen (secondary N) is 1. The lowest BCUT2D eigenvalue weighted by atomic mass is 10.1. The molecule has 2 aromatic heterocycles. The Morgan fingerprint density at radius 1 is 1.05 bits per heavy atom. The fourth-order valence-corrected chi connectivity index (χ4v) is 6.20. The SMILES string of the molecule is COc1ccc(Cl)c2sc(N(Cc3cccnc3)C(=O)c3ccc(NS(=O)(=O)c4ccc(C)cc4)cc3)nc12. The van der Waals surface area contributed by atoms with Gasteiger partial charge in [0.1, 0.15) is 11.3 Å². The number of ether oxygens (including phenoxy) is 1. The number of sulfonamides is 1. The first-order valence-corrected chi connectivity index (χ1v) is 14.5. The van der Waals surface area contributed by atoms with Gasteiger partial charge >= 0.3 is 0 Å². The monoisotopic (exact) mass is 578 g/mol. The highest BCUT2D eigenvalue weighted by Gasteiger charge is 2.24. The summed E-state index contributed by atoms with van der Waals surface area (Å²) in [5.41, 5.74) is 3.03. The molecule has 39 heavy (non-hydrogen) atoms. The molecule has 2 heterocycles. The third-order valence-corrected chi connectivity index (χ3v) is 8.86. The van der Waals surface area contributed by atoms with Gasteiger partial charge in [-0.25, -0.2) is 13.4 Å². The molecule has 1 amide bonds. The number of anilines is 2. The first-order valence-electron chi connectivity index (χ1n) is 11.8. The minimum Gasteiger partial charge on any atom is -0.494 e. The summed E-state index contributed by atoms with van der Waals surface area (Å²) in [5, 5.41) is 0.947. The molecular weight excluding hydrogens is 556 g/mol. The summed E-state index contributed by atoms with van der Waals surface area (Å²) >= 11 is 7.71. The van der Waals surface area contributed by atoms with Gasteiger partial charge in [-0.15, -0.1) is 0 Å². The quantitative estimate of drug-likeness (QED) is 0.231. The molecule has 1 N–H and O–H groups in total. The average molecular weight is 579 g/mol. The van der Waals surface area contributed by atoms with Gasteiger partial charge in [0, 0.05) is 23.6 Å². The molecule has 0 bridgehead atoms. The van der Waals surface area contributed by atoms with E-state index in [9.17, 15) is 13.2 Å². The lowest BCUT2D eigenvalue weighted by Crippen LogP contribution is -2.30.